The summed E-state index contributed by atoms with van der Waals surface area (Å²) in [4.78, 5) is 10.3. The Labute approximate surface area is 106 Å². The Morgan fingerprint density at radius 3 is 2.94 bits per heavy atom. The van der Waals surface area contributed by atoms with E-state index in [1.807, 2.05) is 6.92 Å². The number of benzene rings is 1. The molecule has 98 valence electrons. The van der Waals surface area contributed by atoms with Crippen molar-refractivity contribution >= 4 is 17.1 Å². The van der Waals surface area contributed by atoms with E-state index in [0.29, 0.717) is 31.1 Å². The number of nitro groups is 1. The maximum atomic E-state index is 10.8. The van der Waals surface area contributed by atoms with Crippen LogP contribution in [0.4, 0.5) is 17.1 Å². The Kier molecular flexibility index (Phi) is 5.13. The molecule has 6 nitrogen and oxygen atoms in total. The topological polar surface area (TPSA) is 90.4 Å². The first-order valence-electron chi connectivity index (χ1n) is 5.50. The highest BCUT2D eigenvalue weighted by atomic mass is 16.6. The van der Waals surface area contributed by atoms with E-state index < -0.39 is 4.92 Å². The molecular weight excluding hydrogens is 234 g/mol. The molecule has 6 heteroatoms. The van der Waals surface area contributed by atoms with Gasteiger partial charge in [-0.05, 0) is 19.1 Å². The van der Waals surface area contributed by atoms with E-state index in [2.05, 4.69) is 11.9 Å². The fourth-order valence-corrected chi connectivity index (χ4v) is 1.36. The van der Waals surface area contributed by atoms with Gasteiger partial charge in [-0.1, -0.05) is 12.2 Å². The normalized spacial score (nSPS) is 10.1. The van der Waals surface area contributed by atoms with Gasteiger partial charge in [0.1, 0.15) is 5.69 Å². The van der Waals surface area contributed by atoms with Gasteiger partial charge in [0.25, 0.3) is 5.69 Å². The van der Waals surface area contributed by atoms with Crippen LogP contribution in [0.5, 0.6) is 0 Å². The van der Waals surface area contributed by atoms with Gasteiger partial charge >= 0.3 is 0 Å². The third-order valence-corrected chi connectivity index (χ3v) is 2.13. The van der Waals surface area contributed by atoms with E-state index in [9.17, 15) is 10.1 Å². The van der Waals surface area contributed by atoms with Gasteiger partial charge in [-0.15, -0.1) is 0 Å². The van der Waals surface area contributed by atoms with Crippen LogP contribution in [-0.2, 0) is 4.74 Å². The second kappa shape index (κ2) is 6.61. The summed E-state index contributed by atoms with van der Waals surface area (Å²) in [5.74, 6) is 0. The third-order valence-electron chi connectivity index (χ3n) is 2.13. The molecule has 0 saturated heterocycles. The average Bonchev–Trinajstić information content (AvgIpc) is 2.27. The van der Waals surface area contributed by atoms with Gasteiger partial charge < -0.3 is 15.8 Å². The van der Waals surface area contributed by atoms with E-state index in [4.69, 9.17) is 10.5 Å². The highest BCUT2D eigenvalue weighted by Crippen LogP contribution is 2.26. The predicted molar refractivity (Wildman–Crippen MR) is 71.6 cm³/mol. The Balaban J connectivity index is 2.53. The van der Waals surface area contributed by atoms with Crippen molar-refractivity contribution in [3.8, 4) is 0 Å². The maximum absolute atomic E-state index is 10.8. The highest BCUT2D eigenvalue weighted by Gasteiger charge is 2.12. The van der Waals surface area contributed by atoms with Crippen molar-refractivity contribution in [2.45, 2.75) is 6.92 Å². The number of nitro benzene ring substituents is 1. The number of rotatable bonds is 7. The first-order valence-corrected chi connectivity index (χ1v) is 5.50. The van der Waals surface area contributed by atoms with Crippen molar-refractivity contribution in [2.24, 2.45) is 0 Å². The van der Waals surface area contributed by atoms with Crippen LogP contribution in [0.2, 0.25) is 0 Å². The number of hydrogen-bond donors (Lipinski definition) is 2. The number of nitrogens with two attached hydrogens (primary N) is 1. The average molecular weight is 251 g/mol. The monoisotopic (exact) mass is 251 g/mol. The molecular formula is C12H17N3O3. The highest BCUT2D eigenvalue weighted by molar-refractivity contribution is 5.67. The summed E-state index contributed by atoms with van der Waals surface area (Å²) in [5.41, 5.74) is 7.41. The molecule has 0 aliphatic heterocycles. The molecule has 0 atom stereocenters. The first-order chi connectivity index (χ1) is 8.50. The maximum Gasteiger partial charge on any atom is 0.292 e. The fraction of sp³-hybridized carbons (Fsp3) is 0.333. The van der Waals surface area contributed by atoms with Crippen LogP contribution in [-0.4, -0.2) is 24.7 Å². The summed E-state index contributed by atoms with van der Waals surface area (Å²) in [6.07, 6.45) is 0. The van der Waals surface area contributed by atoms with Crippen LogP contribution < -0.4 is 11.1 Å². The van der Waals surface area contributed by atoms with Gasteiger partial charge in [-0.2, -0.15) is 0 Å². The standard InChI is InChI=1S/C12H17N3O3/c1-9(2)8-18-6-5-14-11-7-10(13)3-4-12(11)15(16)17/h3-4,7,14H,1,5-6,8,13H2,2H3. The number of hydrogen-bond acceptors (Lipinski definition) is 5. The van der Waals surface area contributed by atoms with Crippen LogP contribution in [0.25, 0.3) is 0 Å². The molecule has 0 fully saturated rings. The smallest absolute Gasteiger partial charge is 0.292 e. The molecule has 0 saturated carbocycles. The minimum Gasteiger partial charge on any atom is -0.399 e. The summed E-state index contributed by atoms with van der Waals surface area (Å²) in [6.45, 7) is 6.98. The van der Waals surface area contributed by atoms with E-state index in [1.54, 1.807) is 0 Å². The van der Waals surface area contributed by atoms with Crippen LogP contribution in [0.3, 0.4) is 0 Å². The second-order valence-corrected chi connectivity index (χ2v) is 3.97. The lowest BCUT2D eigenvalue weighted by Crippen LogP contribution is -2.11. The molecule has 0 amide bonds. The lowest BCUT2D eigenvalue weighted by molar-refractivity contribution is -0.383. The summed E-state index contributed by atoms with van der Waals surface area (Å²) < 4.78 is 5.28. The van der Waals surface area contributed by atoms with Crippen molar-refractivity contribution in [2.75, 3.05) is 30.8 Å². The molecule has 1 aromatic rings. The van der Waals surface area contributed by atoms with Crippen molar-refractivity contribution in [3.05, 3.63) is 40.5 Å². The molecule has 0 aromatic heterocycles. The minimum atomic E-state index is -0.448. The molecule has 0 heterocycles. The van der Waals surface area contributed by atoms with Gasteiger partial charge in [0.15, 0.2) is 0 Å². The quantitative estimate of drug-likeness (QED) is 0.255. The zero-order chi connectivity index (χ0) is 13.5. The van der Waals surface area contributed by atoms with E-state index in [1.165, 1.54) is 18.2 Å². The zero-order valence-electron chi connectivity index (χ0n) is 10.3. The van der Waals surface area contributed by atoms with Crippen LogP contribution in [0, 0.1) is 10.1 Å². The molecule has 1 aromatic carbocycles. The van der Waals surface area contributed by atoms with Crippen molar-refractivity contribution in [1.82, 2.24) is 0 Å². The van der Waals surface area contributed by atoms with E-state index >= 15 is 0 Å². The zero-order valence-corrected chi connectivity index (χ0v) is 10.3. The minimum absolute atomic E-state index is 0.00380. The molecule has 0 spiro atoms. The van der Waals surface area contributed by atoms with Gasteiger partial charge in [0.2, 0.25) is 0 Å². The summed E-state index contributed by atoms with van der Waals surface area (Å²) in [6, 6.07) is 4.42. The van der Waals surface area contributed by atoms with Gasteiger partial charge in [-0.25, -0.2) is 0 Å². The summed E-state index contributed by atoms with van der Waals surface area (Å²) >= 11 is 0. The predicted octanol–water partition coefficient (Wildman–Crippen LogP) is 2.18. The molecule has 18 heavy (non-hydrogen) atoms. The molecule has 0 bridgehead atoms. The molecule has 3 N–H and O–H groups in total. The molecule has 0 radical (unpaired) electrons. The first kappa shape index (κ1) is 14.0. The van der Waals surface area contributed by atoms with Crippen LogP contribution >= 0.6 is 0 Å². The number of nitrogens with zero attached hydrogens (tertiary/aromatic N) is 1. The summed E-state index contributed by atoms with van der Waals surface area (Å²) in [7, 11) is 0. The van der Waals surface area contributed by atoms with Crippen molar-refractivity contribution in [3.63, 3.8) is 0 Å². The Hall–Kier alpha value is -2.08. The number of ether oxygens (including phenoxy) is 1. The SMILES string of the molecule is C=C(C)COCCNc1cc(N)ccc1[N+](=O)[O-]. The largest absolute Gasteiger partial charge is 0.399 e. The van der Waals surface area contributed by atoms with Crippen LogP contribution in [0.15, 0.2) is 30.4 Å². The van der Waals surface area contributed by atoms with Gasteiger partial charge in [-0.3, -0.25) is 10.1 Å². The summed E-state index contributed by atoms with van der Waals surface area (Å²) in [5, 5.41) is 13.7. The van der Waals surface area contributed by atoms with Crippen LogP contribution in [0.1, 0.15) is 6.92 Å². The lowest BCUT2D eigenvalue weighted by Gasteiger charge is -2.08. The van der Waals surface area contributed by atoms with Gasteiger partial charge in [0.05, 0.1) is 18.1 Å². The number of anilines is 2. The fourth-order valence-electron chi connectivity index (χ4n) is 1.36. The molecule has 0 aliphatic carbocycles. The van der Waals surface area contributed by atoms with Crippen molar-refractivity contribution in [1.29, 1.82) is 0 Å². The molecule has 1 rings (SSSR count). The Bertz CT molecular complexity index is 446. The van der Waals surface area contributed by atoms with Gasteiger partial charge in [0, 0.05) is 18.3 Å². The third kappa shape index (κ3) is 4.42. The lowest BCUT2D eigenvalue weighted by atomic mass is 10.2. The Morgan fingerprint density at radius 2 is 2.33 bits per heavy atom. The molecule has 0 aliphatic rings. The second-order valence-electron chi connectivity index (χ2n) is 3.97. The number of nitrogen functional groups attached to an aromatic ring is 1. The number of nitrogens with one attached hydrogen (secondary N) is 1. The Morgan fingerprint density at radius 1 is 1.61 bits per heavy atom. The molecule has 0 unspecified atom stereocenters. The van der Waals surface area contributed by atoms with E-state index in [-0.39, 0.29) is 5.69 Å². The van der Waals surface area contributed by atoms with Crippen molar-refractivity contribution < 1.29 is 9.66 Å². The van der Waals surface area contributed by atoms with E-state index in [0.717, 1.165) is 5.57 Å².